The number of aromatic amines is 1. The maximum absolute atomic E-state index is 11.7. The molecule has 0 unspecified atom stereocenters. The van der Waals surface area contributed by atoms with Crippen molar-refractivity contribution in [2.45, 2.75) is 19.8 Å². The molecule has 0 saturated carbocycles. The normalized spacial score (nSPS) is 15.8. The minimum atomic E-state index is -0.134. The molecule has 1 aliphatic heterocycles. The average Bonchev–Trinajstić information content (AvgIpc) is 2.56. The van der Waals surface area contributed by atoms with Gasteiger partial charge in [0.15, 0.2) is 0 Å². The Morgan fingerprint density at radius 3 is 2.42 bits per heavy atom. The molecule has 128 valence electrons. The van der Waals surface area contributed by atoms with Gasteiger partial charge >= 0.3 is 0 Å². The van der Waals surface area contributed by atoms with Crippen molar-refractivity contribution in [3.63, 3.8) is 0 Å². The zero-order chi connectivity index (χ0) is 17.1. The minimum absolute atomic E-state index is 0.134. The summed E-state index contributed by atoms with van der Waals surface area (Å²) in [5, 5.41) is 3.18. The zero-order valence-electron chi connectivity index (χ0n) is 14.5. The predicted molar refractivity (Wildman–Crippen MR) is 98.4 cm³/mol. The van der Waals surface area contributed by atoms with Gasteiger partial charge in [-0.05, 0) is 37.2 Å². The van der Waals surface area contributed by atoms with Gasteiger partial charge in [-0.3, -0.25) is 9.78 Å². The monoisotopic (exact) mass is 327 g/mol. The van der Waals surface area contributed by atoms with E-state index in [4.69, 9.17) is 0 Å². The lowest BCUT2D eigenvalue weighted by Gasteiger charge is -2.34. The number of piperazine rings is 1. The second-order valence-electron chi connectivity index (χ2n) is 6.64. The highest BCUT2D eigenvalue weighted by molar-refractivity contribution is 5.59. The van der Waals surface area contributed by atoms with Gasteiger partial charge in [0, 0.05) is 43.6 Å². The molecule has 1 aromatic carbocycles. The van der Waals surface area contributed by atoms with E-state index in [9.17, 15) is 4.79 Å². The molecular weight excluding hydrogens is 302 g/mol. The molecule has 6 heteroatoms. The number of aromatic nitrogens is 2. The highest BCUT2D eigenvalue weighted by atomic mass is 16.1. The third-order valence-corrected chi connectivity index (χ3v) is 4.35. The summed E-state index contributed by atoms with van der Waals surface area (Å²) in [6, 6.07) is 9.81. The van der Waals surface area contributed by atoms with Crippen molar-refractivity contribution < 1.29 is 0 Å². The molecule has 2 aromatic rings. The lowest BCUT2D eigenvalue weighted by molar-refractivity contribution is 0.313. The molecule has 6 nitrogen and oxygen atoms in total. The van der Waals surface area contributed by atoms with E-state index in [2.05, 4.69) is 44.3 Å². The van der Waals surface area contributed by atoms with Crippen molar-refractivity contribution in [1.29, 1.82) is 0 Å². The third kappa shape index (κ3) is 3.94. The molecule has 1 aliphatic rings. The van der Waals surface area contributed by atoms with Crippen LogP contribution in [-0.2, 0) is 0 Å². The maximum atomic E-state index is 11.7. The van der Waals surface area contributed by atoms with Crippen molar-refractivity contribution >= 4 is 17.3 Å². The fraction of sp³-hybridized carbons (Fsp3) is 0.444. The molecule has 0 amide bonds. The third-order valence-electron chi connectivity index (χ3n) is 4.35. The van der Waals surface area contributed by atoms with Crippen LogP contribution in [0.15, 0.2) is 35.1 Å². The summed E-state index contributed by atoms with van der Waals surface area (Å²) in [5.74, 6) is 0.700. The average molecular weight is 327 g/mol. The number of H-pyrrole nitrogens is 1. The molecule has 1 saturated heterocycles. The first kappa shape index (κ1) is 16.5. The summed E-state index contributed by atoms with van der Waals surface area (Å²) < 4.78 is 0. The maximum Gasteiger partial charge on any atom is 0.252 e. The second-order valence-corrected chi connectivity index (χ2v) is 6.64. The number of nitrogens with zero attached hydrogens (tertiary/aromatic N) is 3. The summed E-state index contributed by atoms with van der Waals surface area (Å²) >= 11 is 0. The van der Waals surface area contributed by atoms with E-state index in [1.165, 1.54) is 5.69 Å². The fourth-order valence-corrected chi connectivity index (χ4v) is 2.79. The van der Waals surface area contributed by atoms with Gasteiger partial charge in [-0.2, -0.15) is 0 Å². The number of hydrogen-bond acceptors (Lipinski definition) is 5. The van der Waals surface area contributed by atoms with E-state index in [1.807, 2.05) is 26.0 Å². The SMILES string of the molecule is CC(C)c1cc(=O)[nH]c(Nc2ccc(N3CCN(C)CC3)cc2)n1. The predicted octanol–water partition coefficient (Wildman–Crippen LogP) is 2.39. The molecular formula is C18H25N5O. The largest absolute Gasteiger partial charge is 0.369 e. The Morgan fingerprint density at radius 2 is 1.79 bits per heavy atom. The minimum Gasteiger partial charge on any atom is -0.369 e. The number of rotatable bonds is 4. The van der Waals surface area contributed by atoms with Crippen LogP contribution in [0.1, 0.15) is 25.5 Å². The quantitative estimate of drug-likeness (QED) is 0.903. The van der Waals surface area contributed by atoms with Crippen LogP contribution in [-0.4, -0.2) is 48.1 Å². The van der Waals surface area contributed by atoms with Crippen LogP contribution in [0.25, 0.3) is 0 Å². The van der Waals surface area contributed by atoms with Gasteiger partial charge in [-0.1, -0.05) is 13.8 Å². The van der Waals surface area contributed by atoms with Crippen LogP contribution in [0.4, 0.5) is 17.3 Å². The van der Waals surface area contributed by atoms with Crippen LogP contribution in [0.2, 0.25) is 0 Å². The van der Waals surface area contributed by atoms with E-state index < -0.39 is 0 Å². The van der Waals surface area contributed by atoms with Crippen molar-refractivity contribution in [1.82, 2.24) is 14.9 Å². The van der Waals surface area contributed by atoms with Gasteiger partial charge in [0.1, 0.15) is 0 Å². The van der Waals surface area contributed by atoms with E-state index in [1.54, 1.807) is 6.07 Å². The first-order valence-corrected chi connectivity index (χ1v) is 8.43. The lowest BCUT2D eigenvalue weighted by atomic mass is 10.1. The molecule has 3 rings (SSSR count). The first-order chi connectivity index (χ1) is 11.5. The highest BCUT2D eigenvalue weighted by Gasteiger charge is 2.14. The second kappa shape index (κ2) is 7.05. The first-order valence-electron chi connectivity index (χ1n) is 8.43. The number of likely N-dealkylation sites (N-methyl/N-ethyl adjacent to an activating group) is 1. The standard InChI is InChI=1S/C18H25N5O/c1-13(2)16-12-17(24)21-18(20-16)19-14-4-6-15(7-5-14)23-10-8-22(3)9-11-23/h4-7,12-13H,8-11H2,1-3H3,(H2,19,20,21,24). The number of nitrogens with one attached hydrogen (secondary N) is 2. The molecule has 0 bridgehead atoms. The molecule has 0 atom stereocenters. The number of anilines is 3. The molecule has 0 radical (unpaired) electrons. The smallest absolute Gasteiger partial charge is 0.252 e. The van der Waals surface area contributed by atoms with Gasteiger partial charge < -0.3 is 15.1 Å². The number of benzene rings is 1. The summed E-state index contributed by atoms with van der Waals surface area (Å²) in [7, 11) is 2.16. The van der Waals surface area contributed by atoms with Crippen LogP contribution in [0.3, 0.4) is 0 Å². The summed E-state index contributed by atoms with van der Waals surface area (Å²) in [5.41, 5.74) is 2.79. The fourth-order valence-electron chi connectivity index (χ4n) is 2.79. The molecule has 1 aromatic heterocycles. The Balaban J connectivity index is 1.71. The van der Waals surface area contributed by atoms with Gasteiger partial charge in [-0.25, -0.2) is 4.98 Å². The van der Waals surface area contributed by atoms with Crippen LogP contribution < -0.4 is 15.8 Å². The number of hydrogen-bond donors (Lipinski definition) is 2. The van der Waals surface area contributed by atoms with E-state index >= 15 is 0 Å². The molecule has 0 spiro atoms. The van der Waals surface area contributed by atoms with Crippen molar-refractivity contribution in [2.24, 2.45) is 0 Å². The van der Waals surface area contributed by atoms with Crippen molar-refractivity contribution in [2.75, 3.05) is 43.4 Å². The molecule has 2 heterocycles. The van der Waals surface area contributed by atoms with E-state index in [0.29, 0.717) is 5.95 Å². The lowest BCUT2D eigenvalue weighted by Crippen LogP contribution is -2.44. The van der Waals surface area contributed by atoms with Gasteiger partial charge in [-0.15, -0.1) is 0 Å². The van der Waals surface area contributed by atoms with Gasteiger partial charge in [0.05, 0.1) is 5.69 Å². The zero-order valence-corrected chi connectivity index (χ0v) is 14.5. The Bertz CT molecular complexity index is 730. The summed E-state index contributed by atoms with van der Waals surface area (Å²) in [4.78, 5) is 23.7. The highest BCUT2D eigenvalue weighted by Crippen LogP contribution is 2.21. The molecule has 1 fully saturated rings. The van der Waals surface area contributed by atoms with Crippen molar-refractivity contribution in [3.8, 4) is 0 Å². The van der Waals surface area contributed by atoms with E-state index in [-0.39, 0.29) is 11.5 Å². The van der Waals surface area contributed by atoms with Crippen LogP contribution in [0.5, 0.6) is 0 Å². The molecule has 2 N–H and O–H groups in total. The summed E-state index contributed by atoms with van der Waals surface area (Å²) in [6.45, 7) is 8.33. The Labute approximate surface area is 142 Å². The van der Waals surface area contributed by atoms with Crippen LogP contribution in [0, 0.1) is 0 Å². The van der Waals surface area contributed by atoms with Gasteiger partial charge in [0.2, 0.25) is 5.95 Å². The Hall–Kier alpha value is -2.34. The van der Waals surface area contributed by atoms with Crippen molar-refractivity contribution in [3.05, 3.63) is 46.4 Å². The molecule has 0 aliphatic carbocycles. The topological polar surface area (TPSA) is 64.3 Å². The molecule has 24 heavy (non-hydrogen) atoms. The van der Waals surface area contributed by atoms with Crippen LogP contribution >= 0.6 is 0 Å². The summed E-state index contributed by atoms with van der Waals surface area (Å²) in [6.07, 6.45) is 0. The van der Waals surface area contributed by atoms with E-state index in [0.717, 1.165) is 37.6 Å². The Kier molecular flexibility index (Phi) is 4.85. The van der Waals surface area contributed by atoms with Gasteiger partial charge in [0.25, 0.3) is 5.56 Å². The Morgan fingerprint density at radius 1 is 1.12 bits per heavy atom.